The molecule has 11 heteroatoms. The van der Waals surface area contributed by atoms with E-state index in [0.29, 0.717) is 58.5 Å². The topological polar surface area (TPSA) is 114 Å². The second-order valence-electron chi connectivity index (χ2n) is 9.56. The number of carbonyl (C=O) groups is 4. The highest BCUT2D eigenvalue weighted by Gasteiger charge is 2.31. The smallest absolute Gasteiger partial charge is 0.337 e. The summed E-state index contributed by atoms with van der Waals surface area (Å²) in [4.78, 5) is 51.1. The number of hydrogen-bond acceptors (Lipinski definition) is 8. The number of ether oxygens (including phenoxy) is 2. The molecule has 0 saturated carbocycles. The van der Waals surface area contributed by atoms with Gasteiger partial charge in [-0.1, -0.05) is 72.9 Å². The maximum absolute atomic E-state index is 12.9. The van der Waals surface area contributed by atoms with Crippen molar-refractivity contribution in [2.45, 2.75) is 32.3 Å². The van der Waals surface area contributed by atoms with Crippen LogP contribution in [0, 0.1) is 0 Å². The van der Waals surface area contributed by atoms with Gasteiger partial charge in [0.15, 0.2) is 0 Å². The van der Waals surface area contributed by atoms with Crippen LogP contribution in [0.5, 0.6) is 5.75 Å². The van der Waals surface area contributed by atoms with Gasteiger partial charge in [0.05, 0.1) is 17.6 Å². The van der Waals surface area contributed by atoms with E-state index < -0.39 is 11.9 Å². The number of nitrogens with one attached hydrogen (secondary N) is 2. The van der Waals surface area contributed by atoms with Crippen LogP contribution in [-0.2, 0) is 20.9 Å². The van der Waals surface area contributed by atoms with Crippen LogP contribution >= 0.6 is 24.0 Å². The fraction of sp³-hybridized carbons (Fsp3) is 0.219. The molecule has 0 radical (unpaired) electrons. The number of hydrogen-bond donors (Lipinski definition) is 2. The van der Waals surface area contributed by atoms with E-state index in [4.69, 9.17) is 21.7 Å². The lowest BCUT2D eigenvalue weighted by atomic mass is 10.1. The minimum atomic E-state index is -0.426. The maximum Gasteiger partial charge on any atom is 0.337 e. The maximum atomic E-state index is 12.9. The molecular formula is C32H31N3O6S2. The Bertz CT molecular complexity index is 1490. The van der Waals surface area contributed by atoms with Crippen molar-refractivity contribution in [2.75, 3.05) is 13.7 Å². The fourth-order valence-corrected chi connectivity index (χ4v) is 5.42. The van der Waals surface area contributed by atoms with Crippen molar-refractivity contribution in [1.82, 2.24) is 15.8 Å². The molecule has 0 unspecified atom stereocenters. The molecule has 1 aliphatic heterocycles. The van der Waals surface area contributed by atoms with Crippen LogP contribution in [0.4, 0.5) is 0 Å². The molecule has 0 aliphatic carbocycles. The largest absolute Gasteiger partial charge is 0.489 e. The summed E-state index contributed by atoms with van der Waals surface area (Å²) in [6.07, 6.45) is 3.94. The van der Waals surface area contributed by atoms with Gasteiger partial charge in [-0.3, -0.25) is 30.1 Å². The van der Waals surface area contributed by atoms with Crippen molar-refractivity contribution in [3.8, 4) is 5.75 Å². The van der Waals surface area contributed by atoms with E-state index in [0.717, 1.165) is 11.1 Å². The summed E-state index contributed by atoms with van der Waals surface area (Å²) in [5, 5.41) is 0. The number of hydrazine groups is 1. The van der Waals surface area contributed by atoms with Gasteiger partial charge in [0.2, 0.25) is 5.91 Å². The standard InChI is InChI=1S/C32H31N3O6S2/c1-40-31(39)25-13-11-22(12-14-25)20-27-30(38)35(32(42)43-27)19-7-3-6-10-28(36)33-34-29(37)24-15-17-26(18-16-24)41-21-23-8-4-2-5-9-23/h2,4-5,8-9,11-18,20H,3,6-7,10,19,21H2,1H3,(H,33,36)(H,34,37). The average Bonchev–Trinajstić information content (AvgIpc) is 3.30. The predicted molar refractivity (Wildman–Crippen MR) is 169 cm³/mol. The quantitative estimate of drug-likeness (QED) is 0.0929. The molecule has 2 N–H and O–H groups in total. The number of thiocarbonyl (C=S) groups is 1. The van der Waals surface area contributed by atoms with Crippen molar-refractivity contribution in [3.63, 3.8) is 0 Å². The fourth-order valence-electron chi connectivity index (χ4n) is 4.11. The number of amides is 3. The summed E-state index contributed by atoms with van der Waals surface area (Å²) in [6.45, 7) is 0.878. The molecule has 0 aromatic heterocycles. The Kier molecular flexibility index (Phi) is 11.5. The molecule has 3 aromatic carbocycles. The highest BCUT2D eigenvalue weighted by Crippen LogP contribution is 2.32. The van der Waals surface area contributed by atoms with Crippen LogP contribution < -0.4 is 15.6 Å². The van der Waals surface area contributed by atoms with Gasteiger partial charge in [-0.05, 0) is 66.4 Å². The molecule has 3 aromatic rings. The summed E-state index contributed by atoms with van der Waals surface area (Å²) in [5.41, 5.74) is 7.51. The molecule has 0 bridgehead atoms. The van der Waals surface area contributed by atoms with Crippen LogP contribution in [0.2, 0.25) is 0 Å². The number of rotatable bonds is 12. The molecular weight excluding hydrogens is 587 g/mol. The molecule has 1 saturated heterocycles. The first-order valence-electron chi connectivity index (χ1n) is 13.6. The number of esters is 1. The first kappa shape index (κ1) is 31.5. The van der Waals surface area contributed by atoms with Crippen LogP contribution in [0.25, 0.3) is 6.08 Å². The first-order valence-corrected chi connectivity index (χ1v) is 14.9. The zero-order chi connectivity index (χ0) is 30.6. The molecule has 43 heavy (non-hydrogen) atoms. The molecule has 9 nitrogen and oxygen atoms in total. The van der Waals surface area contributed by atoms with Crippen LogP contribution in [0.3, 0.4) is 0 Å². The Hall–Kier alpha value is -4.48. The number of benzene rings is 3. The predicted octanol–water partition coefficient (Wildman–Crippen LogP) is 5.28. The minimum Gasteiger partial charge on any atom is -0.489 e. The third-order valence-electron chi connectivity index (χ3n) is 6.47. The molecule has 1 aliphatic rings. The molecule has 0 atom stereocenters. The van der Waals surface area contributed by atoms with E-state index >= 15 is 0 Å². The van der Waals surface area contributed by atoms with E-state index in [1.54, 1.807) is 59.5 Å². The first-order chi connectivity index (χ1) is 20.8. The lowest BCUT2D eigenvalue weighted by Gasteiger charge is -2.14. The summed E-state index contributed by atoms with van der Waals surface area (Å²) in [7, 11) is 1.32. The third kappa shape index (κ3) is 9.25. The van der Waals surface area contributed by atoms with Crippen molar-refractivity contribution in [2.24, 2.45) is 0 Å². The number of carbonyl (C=O) groups excluding carboxylic acids is 4. The summed E-state index contributed by atoms with van der Waals surface area (Å²) in [5.74, 6) is -0.679. The lowest BCUT2D eigenvalue weighted by molar-refractivity contribution is -0.123. The Labute approximate surface area is 259 Å². The van der Waals surface area contributed by atoms with Crippen molar-refractivity contribution in [3.05, 3.63) is 106 Å². The van der Waals surface area contributed by atoms with E-state index in [2.05, 4.69) is 10.9 Å². The Balaban J connectivity index is 1.12. The van der Waals surface area contributed by atoms with E-state index in [9.17, 15) is 19.2 Å². The van der Waals surface area contributed by atoms with Gasteiger partial charge in [0, 0.05) is 18.5 Å². The number of nitrogens with zero attached hydrogens (tertiary/aromatic N) is 1. The third-order valence-corrected chi connectivity index (χ3v) is 7.85. The van der Waals surface area contributed by atoms with E-state index in [1.165, 1.54) is 18.9 Å². The SMILES string of the molecule is COC(=O)c1ccc(C=C2SC(=S)N(CCCCCC(=O)NNC(=O)c3ccc(OCc4ccccc4)cc3)C2=O)cc1. The van der Waals surface area contributed by atoms with Crippen LogP contribution in [0.1, 0.15) is 57.5 Å². The summed E-state index contributed by atoms with van der Waals surface area (Å²) >= 11 is 6.63. The summed E-state index contributed by atoms with van der Waals surface area (Å²) in [6, 6.07) is 23.2. The van der Waals surface area contributed by atoms with Crippen molar-refractivity contribution < 1.29 is 28.7 Å². The van der Waals surface area contributed by atoms with Crippen LogP contribution in [0.15, 0.2) is 83.8 Å². The molecule has 1 heterocycles. The molecule has 4 rings (SSSR count). The Morgan fingerprint density at radius 1 is 0.884 bits per heavy atom. The normalized spacial score (nSPS) is 13.6. The van der Waals surface area contributed by atoms with E-state index in [1.807, 2.05) is 30.3 Å². The van der Waals surface area contributed by atoms with Crippen LogP contribution in [-0.4, -0.2) is 46.6 Å². The second kappa shape index (κ2) is 15.7. The van der Waals surface area contributed by atoms with Gasteiger partial charge < -0.3 is 9.47 Å². The summed E-state index contributed by atoms with van der Waals surface area (Å²) < 4.78 is 10.9. The highest BCUT2D eigenvalue weighted by molar-refractivity contribution is 8.26. The highest BCUT2D eigenvalue weighted by atomic mass is 32.2. The van der Waals surface area contributed by atoms with Gasteiger partial charge in [-0.2, -0.15) is 0 Å². The molecule has 0 spiro atoms. The zero-order valence-corrected chi connectivity index (χ0v) is 25.2. The average molecular weight is 618 g/mol. The van der Waals surface area contributed by atoms with Crippen molar-refractivity contribution in [1.29, 1.82) is 0 Å². The van der Waals surface area contributed by atoms with Gasteiger partial charge in [0.25, 0.3) is 11.8 Å². The van der Waals surface area contributed by atoms with E-state index in [-0.39, 0.29) is 18.2 Å². The minimum absolute atomic E-state index is 0.164. The van der Waals surface area contributed by atoms with Gasteiger partial charge >= 0.3 is 5.97 Å². The molecule has 222 valence electrons. The van der Waals surface area contributed by atoms with Gasteiger partial charge in [0.1, 0.15) is 16.7 Å². The lowest BCUT2D eigenvalue weighted by Crippen LogP contribution is -2.41. The number of unbranched alkanes of at least 4 members (excludes halogenated alkanes) is 2. The molecule has 3 amide bonds. The number of methoxy groups -OCH3 is 1. The zero-order valence-electron chi connectivity index (χ0n) is 23.5. The van der Waals surface area contributed by atoms with Gasteiger partial charge in [-0.15, -0.1) is 0 Å². The van der Waals surface area contributed by atoms with Crippen molar-refractivity contribution >= 4 is 58.1 Å². The Morgan fingerprint density at radius 3 is 2.28 bits per heavy atom. The monoisotopic (exact) mass is 617 g/mol. The number of thioether (sulfide) groups is 1. The Morgan fingerprint density at radius 2 is 1.58 bits per heavy atom. The second-order valence-corrected chi connectivity index (χ2v) is 11.2. The van der Waals surface area contributed by atoms with Gasteiger partial charge in [-0.25, -0.2) is 4.79 Å². The molecule has 1 fully saturated rings.